The number of carbonyl (C=O) groups is 1. The second kappa shape index (κ2) is 16.0. The van der Waals surface area contributed by atoms with E-state index in [2.05, 4.69) is 68.2 Å². The summed E-state index contributed by atoms with van der Waals surface area (Å²) in [4.78, 5) is 13.9. The van der Waals surface area contributed by atoms with Gasteiger partial charge < -0.3 is 23.2 Å². The summed E-state index contributed by atoms with van der Waals surface area (Å²) in [6.07, 6.45) is 6.20. The van der Waals surface area contributed by atoms with Gasteiger partial charge in [-0.3, -0.25) is 4.68 Å². The largest absolute Gasteiger partial charge is 0.493 e. The molecule has 0 radical (unpaired) electrons. The molecule has 1 aliphatic rings. The second-order valence-electron chi connectivity index (χ2n) is 15.0. The SMILES string of the molecule is CCOC(=O)c1c(CCCOc2cccc3ccccc23)c2ccc(Cl)c3c2n1C/C=C\COCc1nn(CCCO[Si](C)(C)C(C)(C)C)c(C)c1-3. The molecule has 0 unspecified atom stereocenters. The molecular formula is C42H52ClN3O5Si. The Hall–Kier alpha value is -3.89. The van der Waals surface area contributed by atoms with Crippen LogP contribution in [0.1, 0.15) is 68.0 Å². The van der Waals surface area contributed by atoms with Gasteiger partial charge in [0.1, 0.15) is 11.4 Å². The lowest BCUT2D eigenvalue weighted by Gasteiger charge is -2.36. The molecule has 0 saturated heterocycles. The number of aromatic nitrogens is 3. The first-order valence-electron chi connectivity index (χ1n) is 18.5. The first kappa shape index (κ1) is 37.9. The highest BCUT2D eigenvalue weighted by molar-refractivity contribution is 6.74. The topological polar surface area (TPSA) is 76.7 Å². The number of allylic oxidation sites excluding steroid dienone is 1. The van der Waals surface area contributed by atoms with Crippen molar-refractivity contribution in [1.82, 2.24) is 14.3 Å². The van der Waals surface area contributed by atoms with E-state index in [-0.39, 0.29) is 17.6 Å². The number of fused-ring (bicyclic) bond motifs is 3. The zero-order valence-corrected chi connectivity index (χ0v) is 33.4. The fourth-order valence-electron chi connectivity index (χ4n) is 6.83. The van der Waals surface area contributed by atoms with Crippen LogP contribution in [0.4, 0.5) is 0 Å². The van der Waals surface area contributed by atoms with Gasteiger partial charge in [0.15, 0.2) is 8.32 Å². The highest BCUT2D eigenvalue weighted by Crippen LogP contribution is 2.43. The summed E-state index contributed by atoms with van der Waals surface area (Å²) in [5.74, 6) is 0.508. The van der Waals surface area contributed by atoms with E-state index in [9.17, 15) is 4.79 Å². The molecule has 0 saturated carbocycles. The molecule has 3 heterocycles. The van der Waals surface area contributed by atoms with E-state index in [0.717, 1.165) is 61.9 Å². The van der Waals surface area contributed by atoms with E-state index >= 15 is 0 Å². The molecule has 0 bridgehead atoms. The van der Waals surface area contributed by atoms with Gasteiger partial charge in [0.25, 0.3) is 0 Å². The Morgan fingerprint density at radius 3 is 2.56 bits per heavy atom. The van der Waals surface area contributed by atoms with Gasteiger partial charge in [-0.05, 0) is 74.3 Å². The van der Waals surface area contributed by atoms with Crippen molar-refractivity contribution in [3.8, 4) is 16.9 Å². The third-order valence-electron chi connectivity index (χ3n) is 10.5. The molecule has 276 valence electrons. The van der Waals surface area contributed by atoms with Gasteiger partial charge in [0.05, 0.1) is 42.7 Å². The Kier molecular flexibility index (Phi) is 11.6. The zero-order chi connectivity index (χ0) is 37.0. The van der Waals surface area contributed by atoms with Crippen molar-refractivity contribution in [2.75, 3.05) is 26.4 Å². The summed E-state index contributed by atoms with van der Waals surface area (Å²) in [5.41, 5.74) is 6.01. The van der Waals surface area contributed by atoms with Crippen LogP contribution in [-0.2, 0) is 40.0 Å². The van der Waals surface area contributed by atoms with Crippen LogP contribution in [0.25, 0.3) is 32.8 Å². The van der Waals surface area contributed by atoms with Crippen molar-refractivity contribution >= 4 is 47.6 Å². The number of aryl methyl sites for hydroxylation is 2. The molecule has 0 atom stereocenters. The molecule has 0 fully saturated rings. The molecule has 5 aromatic rings. The van der Waals surface area contributed by atoms with E-state index in [1.54, 1.807) is 0 Å². The van der Waals surface area contributed by atoms with Gasteiger partial charge in [0, 0.05) is 47.3 Å². The number of halogens is 1. The van der Waals surface area contributed by atoms with Crippen molar-refractivity contribution in [2.45, 2.75) is 91.7 Å². The highest BCUT2D eigenvalue weighted by Gasteiger charge is 2.37. The molecule has 2 aromatic heterocycles. The van der Waals surface area contributed by atoms with Gasteiger partial charge >= 0.3 is 5.97 Å². The van der Waals surface area contributed by atoms with Crippen LogP contribution in [0.5, 0.6) is 5.75 Å². The quantitative estimate of drug-likeness (QED) is 0.0548. The average Bonchev–Trinajstić information content (AvgIpc) is 3.58. The summed E-state index contributed by atoms with van der Waals surface area (Å²) in [6, 6.07) is 18.3. The molecule has 8 nitrogen and oxygen atoms in total. The Morgan fingerprint density at radius 2 is 1.77 bits per heavy atom. The normalized spacial score (nSPS) is 14.3. The van der Waals surface area contributed by atoms with Crippen LogP contribution in [0.3, 0.4) is 0 Å². The van der Waals surface area contributed by atoms with Crippen LogP contribution in [0.2, 0.25) is 23.2 Å². The van der Waals surface area contributed by atoms with Crippen LogP contribution in [-0.4, -0.2) is 55.1 Å². The van der Waals surface area contributed by atoms with Crippen LogP contribution in [0.15, 0.2) is 66.7 Å². The fraction of sp³-hybridized carbons (Fsp3) is 0.429. The number of rotatable bonds is 12. The minimum Gasteiger partial charge on any atom is -0.493 e. The molecule has 0 N–H and O–H groups in total. The second-order valence-corrected chi connectivity index (χ2v) is 20.2. The molecule has 6 rings (SSSR count). The summed E-state index contributed by atoms with van der Waals surface area (Å²) < 4.78 is 28.8. The maximum Gasteiger partial charge on any atom is 0.355 e. The first-order valence-corrected chi connectivity index (χ1v) is 21.8. The molecule has 0 spiro atoms. The Labute approximate surface area is 313 Å². The molecule has 10 heteroatoms. The molecular weight excluding hydrogens is 690 g/mol. The van der Waals surface area contributed by atoms with E-state index < -0.39 is 8.32 Å². The third-order valence-corrected chi connectivity index (χ3v) is 15.4. The number of hydrogen-bond acceptors (Lipinski definition) is 6. The van der Waals surface area contributed by atoms with E-state index in [4.69, 9.17) is 35.3 Å². The first-order chi connectivity index (χ1) is 24.9. The van der Waals surface area contributed by atoms with Gasteiger partial charge in [-0.1, -0.05) is 87.0 Å². The van der Waals surface area contributed by atoms with Crippen LogP contribution >= 0.6 is 11.6 Å². The van der Waals surface area contributed by atoms with Crippen LogP contribution in [0, 0.1) is 6.92 Å². The fourth-order valence-corrected chi connectivity index (χ4v) is 8.17. The maximum atomic E-state index is 13.9. The van der Waals surface area contributed by atoms with Gasteiger partial charge in [-0.15, -0.1) is 0 Å². The van der Waals surface area contributed by atoms with Crippen molar-refractivity contribution in [2.24, 2.45) is 0 Å². The van der Waals surface area contributed by atoms with Crippen molar-refractivity contribution < 1.29 is 23.4 Å². The lowest BCUT2D eigenvalue weighted by molar-refractivity contribution is 0.0513. The number of carbonyl (C=O) groups excluding carboxylic acids is 1. The summed E-state index contributed by atoms with van der Waals surface area (Å²) in [7, 11) is -1.86. The Balaban J connectivity index is 1.38. The number of nitrogens with zero attached hydrogens (tertiary/aromatic N) is 3. The average molecular weight is 742 g/mol. The molecule has 0 aliphatic carbocycles. The Morgan fingerprint density at radius 1 is 0.981 bits per heavy atom. The number of esters is 1. The molecule has 0 amide bonds. The highest BCUT2D eigenvalue weighted by atomic mass is 35.5. The maximum absolute atomic E-state index is 13.9. The number of benzene rings is 3. The monoisotopic (exact) mass is 741 g/mol. The smallest absolute Gasteiger partial charge is 0.355 e. The number of hydrogen-bond donors (Lipinski definition) is 0. The van der Waals surface area contributed by atoms with Gasteiger partial charge in [0.2, 0.25) is 0 Å². The molecule has 1 aliphatic heterocycles. The van der Waals surface area contributed by atoms with Crippen molar-refractivity contribution in [3.05, 3.63) is 94.4 Å². The Bertz CT molecular complexity index is 2090. The lowest BCUT2D eigenvalue weighted by atomic mass is 9.98. The van der Waals surface area contributed by atoms with Crippen molar-refractivity contribution in [3.63, 3.8) is 0 Å². The summed E-state index contributed by atoms with van der Waals surface area (Å²) in [5, 5.41) is 9.04. The molecule has 3 aromatic carbocycles. The predicted molar refractivity (Wildman–Crippen MR) is 213 cm³/mol. The number of ether oxygens (including phenoxy) is 3. The van der Waals surface area contributed by atoms with E-state index in [0.29, 0.717) is 63.1 Å². The van der Waals surface area contributed by atoms with Crippen LogP contribution < -0.4 is 4.74 Å². The minimum absolute atomic E-state index is 0.154. The zero-order valence-electron chi connectivity index (χ0n) is 31.7. The van der Waals surface area contributed by atoms with E-state index in [1.165, 1.54) is 0 Å². The van der Waals surface area contributed by atoms with E-state index in [1.807, 2.05) is 55.5 Å². The lowest BCUT2D eigenvalue weighted by Crippen LogP contribution is -2.41. The molecule has 52 heavy (non-hydrogen) atoms. The van der Waals surface area contributed by atoms with Crippen molar-refractivity contribution in [1.29, 1.82) is 0 Å². The van der Waals surface area contributed by atoms with Gasteiger partial charge in [-0.2, -0.15) is 5.10 Å². The third kappa shape index (κ3) is 7.74. The summed E-state index contributed by atoms with van der Waals surface area (Å²) in [6.45, 7) is 18.7. The van der Waals surface area contributed by atoms with Gasteiger partial charge in [-0.25, -0.2) is 4.79 Å². The predicted octanol–water partition coefficient (Wildman–Crippen LogP) is 10.3. The minimum atomic E-state index is -1.86. The summed E-state index contributed by atoms with van der Waals surface area (Å²) >= 11 is 7.18. The standard InChI is InChI=1S/C42H52ClN3O5Si/c1-8-49-41(47)40-32(19-14-26-50-36-20-13-17-30-16-9-10-18-31(30)36)33-21-22-34(43)38-37-29(2)46(24-15-27-51-52(6,7)42(3,4)5)44-35(37)28-48-25-12-11-23-45(40)39(33)38/h9-13,16-18,20-22H,8,14-15,19,23-28H2,1-7H3/b12-11-.